The van der Waals surface area contributed by atoms with E-state index in [1.54, 1.807) is 12.1 Å². The molecule has 5 heteroatoms. The van der Waals surface area contributed by atoms with Crippen molar-refractivity contribution in [2.75, 3.05) is 0 Å². The molecule has 2 rings (SSSR count). The summed E-state index contributed by atoms with van der Waals surface area (Å²) in [7, 11) is 0. The minimum Gasteiger partial charge on any atom is -0.349 e. The zero-order chi connectivity index (χ0) is 15.1. The Kier molecular flexibility index (Phi) is 4.30. The summed E-state index contributed by atoms with van der Waals surface area (Å²) in [6.45, 7) is 5.82. The Bertz CT molecular complexity index is 534. The van der Waals surface area contributed by atoms with E-state index in [2.05, 4.69) is 5.32 Å². The maximum atomic E-state index is 12.4. The SMILES string of the molecule is CC(NC(=O)[C@]1(C)C[C@](C)(Cl)C1)c1ccc(Cl)cc1Cl. The zero-order valence-electron chi connectivity index (χ0n) is 11.8. The third-order valence-corrected chi connectivity index (χ3v) is 4.67. The first kappa shape index (κ1) is 15.9. The molecule has 1 fully saturated rings. The number of hydrogen-bond donors (Lipinski definition) is 1. The van der Waals surface area contributed by atoms with Gasteiger partial charge in [0.25, 0.3) is 0 Å². The first-order chi connectivity index (χ1) is 9.13. The van der Waals surface area contributed by atoms with Crippen LogP contribution in [0.5, 0.6) is 0 Å². The second-order valence-electron chi connectivity index (χ2n) is 6.19. The van der Waals surface area contributed by atoms with Gasteiger partial charge in [-0.15, -0.1) is 11.6 Å². The Morgan fingerprint density at radius 1 is 1.30 bits per heavy atom. The number of alkyl halides is 1. The summed E-state index contributed by atoms with van der Waals surface area (Å²) in [5.41, 5.74) is 0.477. The van der Waals surface area contributed by atoms with Crippen molar-refractivity contribution in [2.24, 2.45) is 5.41 Å². The molecule has 1 aromatic rings. The molecule has 0 aliphatic heterocycles. The van der Waals surface area contributed by atoms with Crippen molar-refractivity contribution >= 4 is 40.7 Å². The van der Waals surface area contributed by atoms with Crippen molar-refractivity contribution in [3.05, 3.63) is 33.8 Å². The molecule has 1 aromatic carbocycles. The maximum Gasteiger partial charge on any atom is 0.226 e. The average Bonchev–Trinajstić information content (AvgIpc) is 2.25. The van der Waals surface area contributed by atoms with Crippen LogP contribution in [0.3, 0.4) is 0 Å². The fourth-order valence-corrected chi connectivity index (χ4v) is 4.20. The predicted octanol–water partition coefficient (Wildman–Crippen LogP) is 4.97. The van der Waals surface area contributed by atoms with Gasteiger partial charge in [0.05, 0.1) is 6.04 Å². The van der Waals surface area contributed by atoms with Gasteiger partial charge in [-0.3, -0.25) is 4.79 Å². The Labute approximate surface area is 134 Å². The summed E-state index contributed by atoms with van der Waals surface area (Å²) >= 11 is 18.2. The van der Waals surface area contributed by atoms with Crippen molar-refractivity contribution in [2.45, 2.75) is 44.5 Å². The quantitative estimate of drug-likeness (QED) is 0.777. The third-order valence-electron chi connectivity index (χ3n) is 3.84. The van der Waals surface area contributed by atoms with Gasteiger partial charge in [-0.25, -0.2) is 0 Å². The van der Waals surface area contributed by atoms with Crippen LogP contribution in [0.15, 0.2) is 18.2 Å². The summed E-state index contributed by atoms with van der Waals surface area (Å²) in [4.78, 5) is 12.1. The Hall–Kier alpha value is -0.440. The summed E-state index contributed by atoms with van der Waals surface area (Å²) in [5.74, 6) is 0.0224. The van der Waals surface area contributed by atoms with Crippen molar-refractivity contribution in [1.29, 1.82) is 0 Å². The molecule has 0 radical (unpaired) electrons. The van der Waals surface area contributed by atoms with Gasteiger partial charge in [-0.1, -0.05) is 36.2 Å². The molecule has 0 aromatic heterocycles. The molecule has 2 nitrogen and oxygen atoms in total. The molecule has 1 unspecified atom stereocenters. The average molecular weight is 335 g/mol. The molecule has 0 saturated heterocycles. The molecule has 0 bridgehead atoms. The maximum absolute atomic E-state index is 12.4. The number of carbonyl (C=O) groups excluding carboxylic acids is 1. The lowest BCUT2D eigenvalue weighted by Crippen LogP contribution is -2.53. The first-order valence-corrected chi connectivity index (χ1v) is 7.71. The van der Waals surface area contributed by atoms with Gasteiger partial charge in [0.15, 0.2) is 0 Å². The van der Waals surface area contributed by atoms with E-state index in [-0.39, 0.29) is 22.2 Å². The van der Waals surface area contributed by atoms with E-state index in [0.717, 1.165) is 5.56 Å². The van der Waals surface area contributed by atoms with Crippen LogP contribution in [0.2, 0.25) is 10.0 Å². The van der Waals surface area contributed by atoms with Crippen LogP contribution in [0.1, 0.15) is 45.2 Å². The second kappa shape index (κ2) is 5.40. The Balaban J connectivity index is 2.05. The normalized spacial score (nSPS) is 30.5. The smallest absolute Gasteiger partial charge is 0.226 e. The van der Waals surface area contributed by atoms with Gasteiger partial charge in [0.2, 0.25) is 5.91 Å². The van der Waals surface area contributed by atoms with Gasteiger partial charge in [-0.05, 0) is 44.4 Å². The molecule has 110 valence electrons. The minimum atomic E-state index is -0.385. The highest BCUT2D eigenvalue weighted by Crippen LogP contribution is 2.52. The molecule has 1 aliphatic carbocycles. The summed E-state index contributed by atoms with van der Waals surface area (Å²) < 4.78 is 0. The number of rotatable bonds is 3. The largest absolute Gasteiger partial charge is 0.349 e. The second-order valence-corrected chi connectivity index (χ2v) is 7.94. The summed E-state index contributed by atoms with van der Waals surface area (Å²) in [5, 5.41) is 4.16. The van der Waals surface area contributed by atoms with E-state index in [1.165, 1.54) is 0 Å². The highest BCUT2D eigenvalue weighted by molar-refractivity contribution is 6.35. The van der Waals surface area contributed by atoms with Gasteiger partial charge in [0, 0.05) is 20.3 Å². The van der Waals surface area contributed by atoms with Crippen LogP contribution in [-0.2, 0) is 4.79 Å². The minimum absolute atomic E-state index is 0.0224. The molecule has 0 spiro atoms. The molecule has 1 saturated carbocycles. The summed E-state index contributed by atoms with van der Waals surface area (Å²) in [6.07, 6.45) is 1.38. The van der Waals surface area contributed by atoms with Crippen molar-refractivity contribution in [1.82, 2.24) is 5.32 Å². The summed E-state index contributed by atoms with van der Waals surface area (Å²) in [6, 6.07) is 5.13. The number of hydrogen-bond acceptors (Lipinski definition) is 1. The van der Waals surface area contributed by atoms with Gasteiger partial charge < -0.3 is 5.32 Å². The van der Waals surface area contributed by atoms with Crippen LogP contribution in [0, 0.1) is 5.41 Å². The topological polar surface area (TPSA) is 29.1 Å². The van der Waals surface area contributed by atoms with Crippen LogP contribution in [0.25, 0.3) is 0 Å². The first-order valence-electron chi connectivity index (χ1n) is 6.58. The molecular weight excluding hydrogens is 317 g/mol. The lowest BCUT2D eigenvalue weighted by Gasteiger charge is -2.48. The van der Waals surface area contributed by atoms with Crippen molar-refractivity contribution in [3.8, 4) is 0 Å². The van der Waals surface area contributed by atoms with Crippen LogP contribution >= 0.6 is 34.8 Å². The highest BCUT2D eigenvalue weighted by atomic mass is 35.5. The van der Waals surface area contributed by atoms with E-state index in [4.69, 9.17) is 34.8 Å². The predicted molar refractivity (Wildman–Crippen MR) is 84.6 cm³/mol. The molecular formula is C15H18Cl3NO. The van der Waals surface area contributed by atoms with Crippen LogP contribution in [-0.4, -0.2) is 10.8 Å². The van der Waals surface area contributed by atoms with Crippen LogP contribution in [0.4, 0.5) is 0 Å². The number of benzene rings is 1. The van der Waals surface area contributed by atoms with E-state index in [0.29, 0.717) is 22.9 Å². The van der Waals surface area contributed by atoms with E-state index < -0.39 is 0 Å². The van der Waals surface area contributed by atoms with Crippen LogP contribution < -0.4 is 5.32 Å². The number of halogens is 3. The highest BCUT2D eigenvalue weighted by Gasteiger charge is 2.52. The number of amides is 1. The van der Waals surface area contributed by atoms with Gasteiger partial charge in [-0.2, -0.15) is 0 Å². The molecule has 1 aliphatic rings. The third kappa shape index (κ3) is 3.24. The van der Waals surface area contributed by atoms with E-state index in [1.807, 2.05) is 26.8 Å². The molecule has 0 heterocycles. The van der Waals surface area contributed by atoms with E-state index in [9.17, 15) is 4.79 Å². The standard InChI is InChI=1S/C15H18Cl3NO/c1-9(11-5-4-10(16)6-12(11)17)19-13(20)14(2)7-15(3,18)8-14/h4-6,9H,7-8H2,1-3H3,(H,19,20)/t9?,14-,15+. The van der Waals surface area contributed by atoms with Crippen molar-refractivity contribution < 1.29 is 4.79 Å². The monoisotopic (exact) mass is 333 g/mol. The Morgan fingerprint density at radius 2 is 1.90 bits per heavy atom. The molecule has 1 atom stereocenters. The number of nitrogens with one attached hydrogen (secondary N) is 1. The lowest BCUT2D eigenvalue weighted by atomic mass is 9.62. The van der Waals surface area contributed by atoms with Gasteiger partial charge in [0.1, 0.15) is 0 Å². The fraction of sp³-hybridized carbons (Fsp3) is 0.533. The Morgan fingerprint density at radius 3 is 2.40 bits per heavy atom. The lowest BCUT2D eigenvalue weighted by molar-refractivity contribution is -0.137. The number of carbonyl (C=O) groups is 1. The molecule has 1 N–H and O–H groups in total. The van der Waals surface area contributed by atoms with Crippen molar-refractivity contribution in [3.63, 3.8) is 0 Å². The fourth-order valence-electron chi connectivity index (χ4n) is 3.04. The van der Waals surface area contributed by atoms with E-state index >= 15 is 0 Å². The zero-order valence-corrected chi connectivity index (χ0v) is 14.0. The molecule has 20 heavy (non-hydrogen) atoms. The van der Waals surface area contributed by atoms with Gasteiger partial charge >= 0.3 is 0 Å². The molecule has 1 amide bonds.